The largest absolute Gasteiger partial charge is 0.494 e. The zero-order valence-electron chi connectivity index (χ0n) is 14.7. The number of aromatic nitrogens is 3. The first kappa shape index (κ1) is 18.4. The van der Waals surface area contributed by atoms with Crippen LogP contribution >= 0.6 is 35.0 Å². The number of nitrogens with zero attached hydrogens (tertiary/aromatic N) is 3. The maximum atomic E-state index is 6.17. The van der Waals surface area contributed by atoms with Gasteiger partial charge in [-0.3, -0.25) is 4.40 Å². The Labute approximate surface area is 171 Å². The molecule has 0 aliphatic rings. The van der Waals surface area contributed by atoms with Crippen molar-refractivity contribution in [1.29, 1.82) is 0 Å². The van der Waals surface area contributed by atoms with Crippen LogP contribution in [-0.4, -0.2) is 27.0 Å². The summed E-state index contributed by atoms with van der Waals surface area (Å²) in [5.41, 5.74) is 3.06. The van der Waals surface area contributed by atoms with E-state index < -0.39 is 0 Å². The standard InChI is InChI=1S/C20H17Cl2N3OS/c1-13-11-19-23-24-20(25(19)18-8-5-15(22)12-17(13)18)27-10-2-9-26-16-6-3-14(21)4-7-16/h3-8,11-12H,2,9-10H2,1H3. The van der Waals surface area contributed by atoms with Crippen molar-refractivity contribution < 1.29 is 4.74 Å². The lowest BCUT2D eigenvalue weighted by atomic mass is 10.1. The van der Waals surface area contributed by atoms with Crippen molar-refractivity contribution in [3.63, 3.8) is 0 Å². The first-order chi connectivity index (χ1) is 13.1. The molecule has 0 aliphatic carbocycles. The van der Waals surface area contributed by atoms with E-state index in [0.29, 0.717) is 11.6 Å². The maximum Gasteiger partial charge on any atom is 0.196 e. The minimum atomic E-state index is 0.640. The third-order valence-electron chi connectivity index (χ3n) is 4.23. The molecule has 0 amide bonds. The zero-order valence-corrected chi connectivity index (χ0v) is 17.0. The lowest BCUT2D eigenvalue weighted by Gasteiger charge is -2.08. The topological polar surface area (TPSA) is 39.4 Å². The van der Waals surface area contributed by atoms with Crippen LogP contribution in [0.5, 0.6) is 5.75 Å². The molecule has 4 nitrogen and oxygen atoms in total. The van der Waals surface area contributed by atoms with Gasteiger partial charge in [-0.2, -0.15) is 0 Å². The normalized spacial score (nSPS) is 11.4. The zero-order chi connectivity index (χ0) is 18.8. The fourth-order valence-corrected chi connectivity index (χ4v) is 4.09. The summed E-state index contributed by atoms with van der Waals surface area (Å²) in [4.78, 5) is 0. The van der Waals surface area contributed by atoms with Crippen molar-refractivity contribution >= 4 is 51.5 Å². The number of rotatable bonds is 6. The predicted molar refractivity (Wildman–Crippen MR) is 113 cm³/mol. The van der Waals surface area contributed by atoms with E-state index in [1.807, 2.05) is 48.5 Å². The van der Waals surface area contributed by atoms with Crippen molar-refractivity contribution in [2.75, 3.05) is 12.4 Å². The summed E-state index contributed by atoms with van der Waals surface area (Å²) in [5, 5.41) is 12.1. The van der Waals surface area contributed by atoms with Gasteiger partial charge >= 0.3 is 0 Å². The Morgan fingerprint density at radius 1 is 1.00 bits per heavy atom. The summed E-state index contributed by atoms with van der Waals surface area (Å²) < 4.78 is 7.82. The van der Waals surface area contributed by atoms with Crippen LogP contribution in [0.3, 0.4) is 0 Å². The monoisotopic (exact) mass is 417 g/mol. The van der Waals surface area contributed by atoms with Crippen LogP contribution < -0.4 is 4.74 Å². The number of aryl methyl sites for hydroxylation is 1. The molecular weight excluding hydrogens is 401 g/mol. The molecular formula is C20H17Cl2N3OS. The molecule has 2 aromatic carbocycles. The number of thioether (sulfide) groups is 1. The van der Waals surface area contributed by atoms with E-state index in [0.717, 1.165) is 50.2 Å². The Bertz CT molecular complexity index is 1100. The fraction of sp³-hybridized carbons (Fsp3) is 0.200. The molecule has 0 saturated carbocycles. The van der Waals surface area contributed by atoms with Gasteiger partial charge in [-0.1, -0.05) is 35.0 Å². The molecule has 0 fully saturated rings. The van der Waals surface area contributed by atoms with E-state index in [2.05, 4.69) is 21.5 Å². The summed E-state index contributed by atoms with van der Waals surface area (Å²) in [6, 6.07) is 15.4. The van der Waals surface area contributed by atoms with Crippen LogP contribution in [0.2, 0.25) is 10.0 Å². The third kappa shape index (κ3) is 4.00. The molecule has 0 atom stereocenters. The molecule has 0 bridgehead atoms. The van der Waals surface area contributed by atoms with E-state index in [4.69, 9.17) is 27.9 Å². The number of benzene rings is 2. The number of hydrogen-bond acceptors (Lipinski definition) is 4. The first-order valence-corrected chi connectivity index (χ1v) is 10.3. The molecule has 138 valence electrons. The molecule has 0 spiro atoms. The Morgan fingerprint density at radius 3 is 2.59 bits per heavy atom. The van der Waals surface area contributed by atoms with Crippen LogP contribution in [0.25, 0.3) is 16.6 Å². The summed E-state index contributed by atoms with van der Waals surface area (Å²) in [5.74, 6) is 1.72. The van der Waals surface area contributed by atoms with E-state index in [-0.39, 0.29) is 0 Å². The fourth-order valence-electron chi connectivity index (χ4n) is 2.93. The summed E-state index contributed by atoms with van der Waals surface area (Å²) >= 11 is 13.7. The van der Waals surface area contributed by atoms with Crippen molar-refractivity contribution in [3.05, 3.63) is 64.1 Å². The maximum absolute atomic E-state index is 6.17. The van der Waals surface area contributed by atoms with Crippen LogP contribution in [0, 0.1) is 6.92 Å². The van der Waals surface area contributed by atoms with Gasteiger partial charge in [0, 0.05) is 21.2 Å². The average Bonchev–Trinajstić information content (AvgIpc) is 3.06. The summed E-state index contributed by atoms with van der Waals surface area (Å²) in [6.45, 7) is 2.70. The Kier molecular flexibility index (Phi) is 5.43. The van der Waals surface area contributed by atoms with Crippen LogP contribution in [0.1, 0.15) is 12.0 Å². The molecule has 0 aliphatic heterocycles. The van der Waals surface area contributed by atoms with E-state index in [1.54, 1.807) is 11.8 Å². The predicted octanol–water partition coefficient (Wildman–Crippen LogP) is 6.06. The molecule has 27 heavy (non-hydrogen) atoms. The van der Waals surface area contributed by atoms with E-state index in [1.165, 1.54) is 0 Å². The van der Waals surface area contributed by atoms with Crippen molar-refractivity contribution in [3.8, 4) is 5.75 Å². The number of hydrogen-bond donors (Lipinski definition) is 0. The highest BCUT2D eigenvalue weighted by molar-refractivity contribution is 7.99. The highest BCUT2D eigenvalue weighted by Gasteiger charge is 2.11. The smallest absolute Gasteiger partial charge is 0.196 e. The summed E-state index contributed by atoms with van der Waals surface area (Å²) in [6.07, 6.45) is 0.901. The van der Waals surface area contributed by atoms with Gasteiger partial charge in [0.25, 0.3) is 0 Å². The minimum Gasteiger partial charge on any atom is -0.494 e. The van der Waals surface area contributed by atoms with Gasteiger partial charge in [0.2, 0.25) is 0 Å². The lowest BCUT2D eigenvalue weighted by molar-refractivity contribution is 0.318. The van der Waals surface area contributed by atoms with Gasteiger partial charge in [-0.25, -0.2) is 0 Å². The molecule has 0 unspecified atom stereocenters. The van der Waals surface area contributed by atoms with E-state index in [9.17, 15) is 0 Å². The molecule has 2 heterocycles. The van der Waals surface area contributed by atoms with Gasteiger partial charge in [0.15, 0.2) is 10.8 Å². The van der Waals surface area contributed by atoms with Gasteiger partial charge in [-0.05, 0) is 67.4 Å². The highest BCUT2D eigenvalue weighted by Crippen LogP contribution is 2.28. The highest BCUT2D eigenvalue weighted by atomic mass is 35.5. The Balaban J connectivity index is 1.45. The quantitative estimate of drug-likeness (QED) is 0.282. The molecule has 0 N–H and O–H groups in total. The Hall–Kier alpha value is -1.95. The van der Waals surface area contributed by atoms with Crippen molar-refractivity contribution in [2.45, 2.75) is 18.5 Å². The van der Waals surface area contributed by atoms with Gasteiger partial charge in [0.05, 0.1) is 12.1 Å². The first-order valence-electron chi connectivity index (χ1n) is 8.57. The number of ether oxygens (including phenoxy) is 1. The average molecular weight is 418 g/mol. The van der Waals surface area contributed by atoms with E-state index >= 15 is 0 Å². The lowest BCUT2D eigenvalue weighted by Crippen LogP contribution is -1.99. The molecule has 0 radical (unpaired) electrons. The van der Waals surface area contributed by atoms with Gasteiger partial charge in [0.1, 0.15) is 5.75 Å². The second-order valence-corrected chi connectivity index (χ2v) is 8.10. The van der Waals surface area contributed by atoms with Crippen LogP contribution in [0.15, 0.2) is 53.7 Å². The van der Waals surface area contributed by atoms with Crippen LogP contribution in [-0.2, 0) is 0 Å². The van der Waals surface area contributed by atoms with Gasteiger partial charge < -0.3 is 4.74 Å². The molecule has 4 rings (SSSR count). The minimum absolute atomic E-state index is 0.640. The molecule has 7 heteroatoms. The van der Waals surface area contributed by atoms with Crippen molar-refractivity contribution in [1.82, 2.24) is 14.6 Å². The number of fused-ring (bicyclic) bond motifs is 3. The van der Waals surface area contributed by atoms with Crippen LogP contribution in [0.4, 0.5) is 0 Å². The van der Waals surface area contributed by atoms with Crippen molar-refractivity contribution in [2.24, 2.45) is 0 Å². The van der Waals surface area contributed by atoms with Gasteiger partial charge in [-0.15, -0.1) is 10.2 Å². The number of pyridine rings is 1. The molecule has 0 saturated heterocycles. The second kappa shape index (κ2) is 7.97. The second-order valence-electron chi connectivity index (χ2n) is 6.17. The Morgan fingerprint density at radius 2 is 1.78 bits per heavy atom. The summed E-state index contributed by atoms with van der Waals surface area (Å²) in [7, 11) is 0. The SMILES string of the molecule is Cc1cc2nnc(SCCCOc3ccc(Cl)cc3)n2c2ccc(Cl)cc12. The third-order valence-corrected chi connectivity index (χ3v) is 5.73. The molecule has 2 aromatic heterocycles. The molecule has 4 aromatic rings. The number of halogens is 2.